The number of aromatic nitrogens is 3. The van der Waals surface area contributed by atoms with Crippen molar-refractivity contribution in [2.75, 3.05) is 39.8 Å². The fourth-order valence-electron chi connectivity index (χ4n) is 3.36. The van der Waals surface area contributed by atoms with Crippen LogP contribution in [0.3, 0.4) is 0 Å². The Bertz CT molecular complexity index is 784. The second kappa shape index (κ2) is 9.43. The molecule has 1 amide bonds. The van der Waals surface area contributed by atoms with Crippen LogP contribution in [-0.2, 0) is 11.3 Å². The quantitative estimate of drug-likeness (QED) is 0.662. The van der Waals surface area contributed by atoms with Gasteiger partial charge in [-0.2, -0.15) is 0 Å². The third-order valence-electron chi connectivity index (χ3n) is 5.14. The number of hydrogen-bond acceptors (Lipinski definition) is 6. The first kappa shape index (κ1) is 20.7. The van der Waals surface area contributed by atoms with Gasteiger partial charge in [-0.25, -0.2) is 0 Å². The lowest BCUT2D eigenvalue weighted by molar-refractivity contribution is -0.132. The second-order valence-corrected chi connectivity index (χ2v) is 8.11. The monoisotopic (exact) mass is 403 g/mol. The summed E-state index contributed by atoms with van der Waals surface area (Å²) in [6.07, 6.45) is 0. The Kier molecular flexibility index (Phi) is 6.96. The van der Waals surface area contributed by atoms with Crippen molar-refractivity contribution >= 4 is 17.7 Å². The van der Waals surface area contributed by atoms with E-state index in [4.69, 9.17) is 4.74 Å². The summed E-state index contributed by atoms with van der Waals surface area (Å²) in [6.45, 7) is 11.5. The summed E-state index contributed by atoms with van der Waals surface area (Å²) in [7, 11) is 1.65. The molecule has 0 spiro atoms. The van der Waals surface area contributed by atoms with Crippen LogP contribution >= 0.6 is 11.8 Å². The normalized spacial score (nSPS) is 16.2. The lowest BCUT2D eigenvalue weighted by atomic mass is 10.2. The number of piperazine rings is 1. The van der Waals surface area contributed by atoms with E-state index < -0.39 is 0 Å². The van der Waals surface area contributed by atoms with E-state index in [0.29, 0.717) is 0 Å². The van der Waals surface area contributed by atoms with Gasteiger partial charge in [-0.05, 0) is 44.7 Å². The lowest BCUT2D eigenvalue weighted by Gasteiger charge is -2.35. The molecule has 0 bridgehead atoms. The van der Waals surface area contributed by atoms with Crippen molar-refractivity contribution in [3.63, 3.8) is 0 Å². The first-order chi connectivity index (χ1) is 13.6. The number of nitrogens with zero attached hydrogens (tertiary/aromatic N) is 5. The molecule has 152 valence electrons. The molecule has 2 aromatic rings. The molecule has 7 nitrogen and oxygen atoms in total. The summed E-state index contributed by atoms with van der Waals surface area (Å²) in [4.78, 5) is 17.2. The zero-order chi connectivity index (χ0) is 20.1. The smallest absolute Gasteiger partial charge is 0.235 e. The summed E-state index contributed by atoms with van der Waals surface area (Å²) in [5.74, 6) is 1.80. The Labute approximate surface area is 171 Å². The van der Waals surface area contributed by atoms with Gasteiger partial charge in [0, 0.05) is 38.3 Å². The Balaban J connectivity index is 1.70. The van der Waals surface area contributed by atoms with Gasteiger partial charge in [0.2, 0.25) is 5.91 Å². The molecule has 28 heavy (non-hydrogen) atoms. The minimum Gasteiger partial charge on any atom is -0.497 e. The highest BCUT2D eigenvalue weighted by Crippen LogP contribution is 2.28. The number of rotatable bonds is 7. The van der Waals surface area contributed by atoms with E-state index in [2.05, 4.69) is 33.5 Å². The molecule has 1 aromatic heterocycles. The highest BCUT2D eigenvalue weighted by atomic mass is 32.2. The molecular weight excluding hydrogens is 374 g/mol. The van der Waals surface area contributed by atoms with Crippen LogP contribution in [0.4, 0.5) is 0 Å². The second-order valence-electron chi connectivity index (χ2n) is 6.80. The number of thioether (sulfide) groups is 1. The number of carbonyl (C=O) groups excluding carboxylic acids is 1. The van der Waals surface area contributed by atoms with Crippen LogP contribution in [0, 0.1) is 0 Å². The number of carbonyl (C=O) groups is 1. The van der Waals surface area contributed by atoms with Crippen molar-refractivity contribution in [2.45, 2.75) is 37.7 Å². The first-order valence-electron chi connectivity index (χ1n) is 9.82. The molecule has 1 fully saturated rings. The van der Waals surface area contributed by atoms with Gasteiger partial charge in [0.1, 0.15) is 5.75 Å². The fraction of sp³-hybridized carbons (Fsp3) is 0.550. The molecule has 0 N–H and O–H groups in total. The molecule has 1 atom stereocenters. The molecule has 0 saturated carbocycles. The molecule has 8 heteroatoms. The standard InChI is InChI=1S/C20H29N5O2S/c1-5-23-11-13-24(14-12-23)19(26)15(3)28-20-22-21-18(25(20)6-2)16-7-9-17(27-4)10-8-16/h7-10,15H,5-6,11-14H2,1-4H3/t15-/m0/s1. The van der Waals surface area contributed by atoms with Crippen LogP contribution in [-0.4, -0.2) is 75.6 Å². The highest BCUT2D eigenvalue weighted by molar-refractivity contribution is 8.00. The molecule has 1 saturated heterocycles. The summed E-state index contributed by atoms with van der Waals surface area (Å²) >= 11 is 1.49. The molecule has 0 aliphatic carbocycles. The van der Waals surface area contributed by atoms with Crippen LogP contribution in [0.5, 0.6) is 5.75 Å². The zero-order valence-corrected chi connectivity index (χ0v) is 17.9. The average molecular weight is 404 g/mol. The maximum Gasteiger partial charge on any atom is 0.235 e. The molecule has 2 heterocycles. The molecule has 3 rings (SSSR count). The number of amides is 1. The number of methoxy groups -OCH3 is 1. The predicted octanol–water partition coefficient (Wildman–Crippen LogP) is 2.62. The molecule has 1 aromatic carbocycles. The van der Waals surface area contributed by atoms with Crippen LogP contribution in [0.1, 0.15) is 20.8 Å². The van der Waals surface area contributed by atoms with E-state index in [0.717, 1.165) is 61.6 Å². The highest BCUT2D eigenvalue weighted by Gasteiger charge is 2.27. The van der Waals surface area contributed by atoms with Crippen LogP contribution in [0.25, 0.3) is 11.4 Å². The molecule has 0 radical (unpaired) electrons. The van der Waals surface area contributed by atoms with Gasteiger partial charge in [0.15, 0.2) is 11.0 Å². The van der Waals surface area contributed by atoms with E-state index in [1.165, 1.54) is 11.8 Å². The number of likely N-dealkylation sites (N-methyl/N-ethyl adjacent to an activating group) is 1. The maximum absolute atomic E-state index is 12.9. The largest absolute Gasteiger partial charge is 0.497 e. The Morgan fingerprint density at radius 1 is 1.11 bits per heavy atom. The van der Waals surface area contributed by atoms with E-state index >= 15 is 0 Å². The van der Waals surface area contributed by atoms with Gasteiger partial charge >= 0.3 is 0 Å². The van der Waals surface area contributed by atoms with E-state index in [9.17, 15) is 4.79 Å². The average Bonchev–Trinajstić information content (AvgIpc) is 3.15. The third-order valence-corrected chi connectivity index (χ3v) is 6.21. The van der Waals surface area contributed by atoms with Gasteiger partial charge in [0.25, 0.3) is 0 Å². The third kappa shape index (κ3) is 4.50. The number of benzene rings is 1. The Morgan fingerprint density at radius 3 is 2.36 bits per heavy atom. The van der Waals surface area contributed by atoms with Gasteiger partial charge in [0.05, 0.1) is 12.4 Å². The van der Waals surface area contributed by atoms with Crippen molar-refractivity contribution in [3.05, 3.63) is 24.3 Å². The van der Waals surface area contributed by atoms with Crippen molar-refractivity contribution in [3.8, 4) is 17.1 Å². The molecule has 1 aliphatic rings. The molecular formula is C20H29N5O2S. The predicted molar refractivity (Wildman–Crippen MR) is 112 cm³/mol. The van der Waals surface area contributed by atoms with Crippen LogP contribution in [0.2, 0.25) is 0 Å². The molecule has 0 unspecified atom stereocenters. The summed E-state index contributed by atoms with van der Waals surface area (Å²) < 4.78 is 7.29. The van der Waals surface area contributed by atoms with Gasteiger partial charge < -0.3 is 19.1 Å². The van der Waals surface area contributed by atoms with E-state index in [1.807, 2.05) is 36.1 Å². The van der Waals surface area contributed by atoms with Crippen molar-refractivity contribution < 1.29 is 9.53 Å². The maximum atomic E-state index is 12.9. The van der Waals surface area contributed by atoms with Gasteiger partial charge in [-0.15, -0.1) is 10.2 Å². The van der Waals surface area contributed by atoms with Crippen molar-refractivity contribution in [1.82, 2.24) is 24.6 Å². The Morgan fingerprint density at radius 2 is 1.79 bits per heavy atom. The van der Waals surface area contributed by atoms with E-state index in [-0.39, 0.29) is 11.2 Å². The van der Waals surface area contributed by atoms with Crippen molar-refractivity contribution in [1.29, 1.82) is 0 Å². The SMILES string of the molecule is CCN1CCN(C(=O)[C@H](C)Sc2nnc(-c3ccc(OC)cc3)n2CC)CC1. The topological polar surface area (TPSA) is 63.5 Å². The molecule has 1 aliphatic heterocycles. The van der Waals surface area contributed by atoms with Crippen molar-refractivity contribution in [2.24, 2.45) is 0 Å². The van der Waals surface area contributed by atoms with Gasteiger partial charge in [-0.3, -0.25) is 4.79 Å². The summed E-state index contributed by atoms with van der Waals surface area (Å²) in [6, 6.07) is 7.79. The number of ether oxygens (including phenoxy) is 1. The number of hydrogen-bond donors (Lipinski definition) is 0. The Hall–Kier alpha value is -2.06. The van der Waals surface area contributed by atoms with Gasteiger partial charge in [-0.1, -0.05) is 18.7 Å². The van der Waals surface area contributed by atoms with Crippen LogP contribution in [0.15, 0.2) is 29.4 Å². The van der Waals surface area contributed by atoms with Crippen LogP contribution < -0.4 is 4.74 Å². The first-order valence-corrected chi connectivity index (χ1v) is 10.7. The fourth-order valence-corrected chi connectivity index (χ4v) is 4.36. The minimum atomic E-state index is -0.189. The minimum absolute atomic E-state index is 0.178. The zero-order valence-electron chi connectivity index (χ0n) is 17.1. The van der Waals surface area contributed by atoms with E-state index in [1.54, 1.807) is 7.11 Å². The summed E-state index contributed by atoms with van der Waals surface area (Å²) in [5.41, 5.74) is 0.983. The summed E-state index contributed by atoms with van der Waals surface area (Å²) in [5, 5.41) is 9.33. The lowest BCUT2D eigenvalue weighted by Crippen LogP contribution is -2.50.